The summed E-state index contributed by atoms with van der Waals surface area (Å²) in [5, 5.41) is 11.9. The number of nitrogens with one attached hydrogen (secondary N) is 1. The Balaban J connectivity index is 1.64. The summed E-state index contributed by atoms with van der Waals surface area (Å²) in [6.45, 7) is 1.85. The molecule has 2 aromatic carbocycles. The van der Waals surface area contributed by atoms with Gasteiger partial charge in [-0.2, -0.15) is 0 Å². The van der Waals surface area contributed by atoms with E-state index in [2.05, 4.69) is 31.4 Å². The summed E-state index contributed by atoms with van der Waals surface area (Å²) in [6.07, 6.45) is 0. The Labute approximate surface area is 175 Å². The van der Waals surface area contributed by atoms with E-state index in [1.807, 2.05) is 50.4 Å². The third kappa shape index (κ3) is 4.69. The van der Waals surface area contributed by atoms with E-state index in [4.69, 9.17) is 0 Å². The van der Waals surface area contributed by atoms with Crippen molar-refractivity contribution in [2.24, 2.45) is 7.05 Å². The van der Waals surface area contributed by atoms with Gasteiger partial charge in [0.2, 0.25) is 0 Å². The van der Waals surface area contributed by atoms with Gasteiger partial charge in [0.15, 0.2) is 16.8 Å². The van der Waals surface area contributed by atoms with Crippen LogP contribution in [0.25, 0.3) is 0 Å². The summed E-state index contributed by atoms with van der Waals surface area (Å²) >= 11 is 4.71. The number of rotatable bonds is 7. The highest BCUT2D eigenvalue weighted by molar-refractivity contribution is 9.10. The monoisotopic (exact) mass is 458 g/mol. The van der Waals surface area contributed by atoms with E-state index in [9.17, 15) is 9.59 Å². The second-order valence-electron chi connectivity index (χ2n) is 6.15. The molecule has 1 atom stereocenters. The van der Waals surface area contributed by atoms with Crippen LogP contribution in [0.1, 0.15) is 39.5 Å². The molecule has 0 unspecified atom stereocenters. The average Bonchev–Trinajstić information content (AvgIpc) is 3.07. The summed E-state index contributed by atoms with van der Waals surface area (Å²) < 4.78 is 2.53. The van der Waals surface area contributed by atoms with E-state index >= 15 is 0 Å². The van der Waals surface area contributed by atoms with Gasteiger partial charge >= 0.3 is 0 Å². The van der Waals surface area contributed by atoms with Crippen LogP contribution in [0.3, 0.4) is 0 Å². The van der Waals surface area contributed by atoms with Crippen molar-refractivity contribution in [2.75, 3.05) is 5.75 Å². The topological polar surface area (TPSA) is 76.9 Å². The summed E-state index contributed by atoms with van der Waals surface area (Å²) in [4.78, 5) is 24.8. The maximum absolute atomic E-state index is 12.5. The number of Topliss-reactive ketones (excluding diaryl/α,β-unsaturated/α-hetero) is 1. The fraction of sp³-hybridized carbons (Fsp3) is 0.200. The van der Waals surface area contributed by atoms with Crippen LogP contribution in [-0.2, 0) is 7.05 Å². The molecular formula is C20H19BrN4O2S. The Hall–Kier alpha value is -2.45. The van der Waals surface area contributed by atoms with E-state index in [0.29, 0.717) is 22.1 Å². The van der Waals surface area contributed by atoms with Crippen LogP contribution in [-0.4, -0.2) is 32.2 Å². The molecular weight excluding hydrogens is 440 g/mol. The molecule has 144 valence electrons. The zero-order chi connectivity index (χ0) is 20.1. The Morgan fingerprint density at radius 1 is 1.11 bits per heavy atom. The molecule has 0 aliphatic heterocycles. The third-order valence-electron chi connectivity index (χ3n) is 4.15. The molecule has 1 heterocycles. The van der Waals surface area contributed by atoms with Crippen molar-refractivity contribution in [1.82, 2.24) is 20.1 Å². The van der Waals surface area contributed by atoms with E-state index in [1.54, 1.807) is 22.8 Å². The van der Waals surface area contributed by atoms with Crippen molar-refractivity contribution in [3.8, 4) is 0 Å². The van der Waals surface area contributed by atoms with E-state index in [0.717, 1.165) is 4.47 Å². The molecule has 0 saturated carbocycles. The molecule has 0 aliphatic carbocycles. The summed E-state index contributed by atoms with van der Waals surface area (Å²) in [5.41, 5.74) is 1.23. The summed E-state index contributed by atoms with van der Waals surface area (Å²) in [5.74, 6) is 0.727. The number of carbonyl (C=O) groups is 2. The van der Waals surface area contributed by atoms with Crippen molar-refractivity contribution < 1.29 is 9.59 Å². The summed E-state index contributed by atoms with van der Waals surface area (Å²) in [6, 6.07) is 16.0. The Bertz CT molecular complexity index is 991. The predicted octanol–water partition coefficient (Wildman–Crippen LogP) is 4.04. The lowest BCUT2D eigenvalue weighted by atomic mass is 10.2. The zero-order valence-corrected chi connectivity index (χ0v) is 17.8. The maximum Gasteiger partial charge on any atom is 0.253 e. The van der Waals surface area contributed by atoms with Gasteiger partial charge in [0.25, 0.3) is 5.91 Å². The molecule has 1 amide bonds. The lowest BCUT2D eigenvalue weighted by Gasteiger charge is -2.14. The summed E-state index contributed by atoms with van der Waals surface area (Å²) in [7, 11) is 1.83. The van der Waals surface area contributed by atoms with Gasteiger partial charge in [-0.25, -0.2) is 0 Å². The molecule has 28 heavy (non-hydrogen) atoms. The molecule has 1 aromatic heterocycles. The minimum absolute atomic E-state index is 0.0328. The van der Waals surface area contributed by atoms with Gasteiger partial charge in [-0.3, -0.25) is 9.59 Å². The van der Waals surface area contributed by atoms with Crippen molar-refractivity contribution in [3.05, 3.63) is 76.0 Å². The van der Waals surface area contributed by atoms with Gasteiger partial charge in [0.05, 0.1) is 17.4 Å². The fourth-order valence-corrected chi connectivity index (χ4v) is 3.93. The minimum Gasteiger partial charge on any atom is -0.342 e. The number of hydrogen-bond donors (Lipinski definition) is 1. The van der Waals surface area contributed by atoms with Gasteiger partial charge in [-0.05, 0) is 35.0 Å². The largest absolute Gasteiger partial charge is 0.342 e. The molecule has 6 nitrogen and oxygen atoms in total. The number of halogens is 1. The average molecular weight is 459 g/mol. The number of ketones is 1. The van der Waals surface area contributed by atoms with Gasteiger partial charge in [-0.1, -0.05) is 54.2 Å². The second kappa shape index (κ2) is 9.16. The number of aromatic nitrogens is 3. The first kappa shape index (κ1) is 20.3. The minimum atomic E-state index is -0.337. The fourth-order valence-electron chi connectivity index (χ4n) is 2.65. The Morgan fingerprint density at radius 2 is 1.79 bits per heavy atom. The highest BCUT2D eigenvalue weighted by atomic mass is 79.9. The first-order chi connectivity index (χ1) is 13.5. The smallest absolute Gasteiger partial charge is 0.253 e. The quantitative estimate of drug-likeness (QED) is 0.426. The van der Waals surface area contributed by atoms with Crippen molar-refractivity contribution in [1.29, 1.82) is 0 Å². The van der Waals surface area contributed by atoms with Crippen LogP contribution >= 0.6 is 27.7 Å². The predicted molar refractivity (Wildman–Crippen MR) is 113 cm³/mol. The van der Waals surface area contributed by atoms with Gasteiger partial charge in [0.1, 0.15) is 0 Å². The number of nitrogens with zero attached hydrogens (tertiary/aromatic N) is 3. The molecule has 0 aliphatic rings. The highest BCUT2D eigenvalue weighted by Crippen LogP contribution is 2.21. The lowest BCUT2D eigenvalue weighted by molar-refractivity contribution is 0.0936. The molecule has 0 fully saturated rings. The molecule has 0 spiro atoms. The SMILES string of the molecule is C[C@@H](NC(=O)c1ccccc1Br)c1nnc(SCC(=O)c2ccccc2)n1C. The Morgan fingerprint density at radius 3 is 2.50 bits per heavy atom. The molecule has 3 rings (SSSR count). The lowest BCUT2D eigenvalue weighted by Crippen LogP contribution is -2.28. The van der Waals surface area contributed by atoms with E-state index < -0.39 is 0 Å². The molecule has 0 bridgehead atoms. The molecule has 1 N–H and O–H groups in total. The van der Waals surface area contributed by atoms with Crippen LogP contribution in [0.15, 0.2) is 64.2 Å². The van der Waals surface area contributed by atoms with Crippen LogP contribution < -0.4 is 5.32 Å². The number of amides is 1. The standard InChI is InChI=1S/C20H19BrN4O2S/c1-13(22-19(27)15-10-6-7-11-16(15)21)18-23-24-20(25(18)2)28-12-17(26)14-8-4-3-5-9-14/h3-11,13H,12H2,1-2H3,(H,22,27)/t13-/m1/s1. The molecule has 0 radical (unpaired) electrons. The number of hydrogen-bond acceptors (Lipinski definition) is 5. The number of thioether (sulfide) groups is 1. The number of benzene rings is 2. The van der Waals surface area contributed by atoms with Gasteiger partial charge < -0.3 is 9.88 Å². The van der Waals surface area contributed by atoms with E-state index in [1.165, 1.54) is 11.8 Å². The van der Waals surface area contributed by atoms with Crippen molar-refractivity contribution in [2.45, 2.75) is 18.1 Å². The van der Waals surface area contributed by atoms with Crippen molar-refractivity contribution in [3.63, 3.8) is 0 Å². The second-order valence-corrected chi connectivity index (χ2v) is 7.95. The number of carbonyl (C=O) groups excluding carboxylic acids is 2. The molecule has 8 heteroatoms. The third-order valence-corrected chi connectivity index (χ3v) is 5.86. The van der Waals surface area contributed by atoms with Gasteiger partial charge in [0, 0.05) is 17.1 Å². The van der Waals surface area contributed by atoms with E-state index in [-0.39, 0.29) is 23.5 Å². The van der Waals surface area contributed by atoms with Crippen LogP contribution in [0.4, 0.5) is 0 Å². The molecule has 3 aromatic rings. The normalized spacial score (nSPS) is 11.8. The van der Waals surface area contributed by atoms with Gasteiger partial charge in [-0.15, -0.1) is 10.2 Å². The van der Waals surface area contributed by atoms with Crippen LogP contribution in [0.2, 0.25) is 0 Å². The van der Waals surface area contributed by atoms with Crippen LogP contribution in [0, 0.1) is 0 Å². The first-order valence-electron chi connectivity index (χ1n) is 8.63. The highest BCUT2D eigenvalue weighted by Gasteiger charge is 2.20. The van der Waals surface area contributed by atoms with Crippen LogP contribution in [0.5, 0.6) is 0 Å². The van der Waals surface area contributed by atoms with Crippen molar-refractivity contribution >= 4 is 39.4 Å². The Kier molecular flexibility index (Phi) is 6.64. The maximum atomic E-state index is 12.5. The zero-order valence-electron chi connectivity index (χ0n) is 15.4. The first-order valence-corrected chi connectivity index (χ1v) is 10.4. The molecule has 0 saturated heterocycles.